The number of rotatable bonds is 2. The van der Waals surface area contributed by atoms with Crippen LogP contribution in [0, 0.1) is 5.82 Å². The molecule has 1 aromatic rings. The predicted octanol–water partition coefficient (Wildman–Crippen LogP) is 3.50. The molecule has 0 aromatic heterocycles. The van der Waals surface area contributed by atoms with Gasteiger partial charge in [0.05, 0.1) is 5.69 Å². The van der Waals surface area contributed by atoms with Crippen molar-refractivity contribution in [3.63, 3.8) is 0 Å². The summed E-state index contributed by atoms with van der Waals surface area (Å²) >= 11 is 5.73. The molecule has 7 heteroatoms. The number of halogens is 2. The molecule has 0 bridgehead atoms. The lowest BCUT2D eigenvalue weighted by Gasteiger charge is -2.33. The number of nitrogens with one attached hydrogen (secondary N) is 1. The molecule has 1 aromatic carbocycles. The van der Waals surface area contributed by atoms with E-state index in [-0.39, 0.29) is 16.6 Å². The van der Waals surface area contributed by atoms with Crippen LogP contribution in [0.25, 0.3) is 0 Å². The van der Waals surface area contributed by atoms with E-state index >= 15 is 0 Å². The summed E-state index contributed by atoms with van der Waals surface area (Å²) < 4.78 is 19.2. The van der Waals surface area contributed by atoms with Gasteiger partial charge in [-0.15, -0.1) is 0 Å². The molecular weight excluding hydrogens is 323 g/mol. The first-order valence-electron chi connectivity index (χ1n) is 7.43. The van der Waals surface area contributed by atoms with E-state index in [1.54, 1.807) is 20.8 Å². The Morgan fingerprint density at radius 3 is 2.74 bits per heavy atom. The maximum atomic E-state index is 14.0. The molecule has 2 rings (SSSR count). The number of hydrogen-bond acceptors (Lipinski definition) is 3. The van der Waals surface area contributed by atoms with Gasteiger partial charge < -0.3 is 15.0 Å². The number of anilines is 1. The van der Waals surface area contributed by atoms with Gasteiger partial charge in [-0.2, -0.15) is 0 Å². The second-order valence-electron chi connectivity index (χ2n) is 6.43. The minimum atomic E-state index is -0.728. The van der Waals surface area contributed by atoms with E-state index in [4.69, 9.17) is 16.3 Å². The standard InChI is InChI=1S/C16H20ClFN2O3/c1-16(2,3)23-15(22)19-12-5-4-8-20(14(12)21)13-7-6-10(17)9-11(13)18/h6-7,9,12H,4-5,8H2,1-3H3,(H,19,22). The minimum Gasteiger partial charge on any atom is -0.444 e. The van der Waals surface area contributed by atoms with Crippen molar-refractivity contribution in [3.8, 4) is 0 Å². The Kier molecular flexibility index (Phi) is 5.14. The van der Waals surface area contributed by atoms with E-state index in [2.05, 4.69) is 5.32 Å². The van der Waals surface area contributed by atoms with Crippen LogP contribution >= 0.6 is 11.6 Å². The van der Waals surface area contributed by atoms with E-state index < -0.39 is 23.6 Å². The summed E-state index contributed by atoms with van der Waals surface area (Å²) in [6.45, 7) is 5.61. The fourth-order valence-electron chi connectivity index (χ4n) is 2.40. The van der Waals surface area contributed by atoms with Crippen molar-refractivity contribution in [1.29, 1.82) is 0 Å². The molecule has 126 valence electrons. The SMILES string of the molecule is CC(C)(C)OC(=O)NC1CCCN(c2ccc(Cl)cc2F)C1=O. The molecule has 1 unspecified atom stereocenters. The first kappa shape index (κ1) is 17.5. The predicted molar refractivity (Wildman–Crippen MR) is 86.2 cm³/mol. The van der Waals surface area contributed by atoms with E-state index in [1.807, 2.05) is 0 Å². The van der Waals surface area contributed by atoms with Crippen LogP contribution in [-0.2, 0) is 9.53 Å². The summed E-state index contributed by atoms with van der Waals surface area (Å²) in [6, 6.07) is 3.42. The molecule has 1 heterocycles. The van der Waals surface area contributed by atoms with Crippen molar-refractivity contribution in [3.05, 3.63) is 29.0 Å². The Morgan fingerprint density at radius 2 is 2.13 bits per heavy atom. The normalized spacial score (nSPS) is 18.7. The van der Waals surface area contributed by atoms with Gasteiger partial charge in [0.25, 0.3) is 0 Å². The number of amides is 2. The average molecular weight is 343 g/mol. The molecule has 1 aliphatic heterocycles. The number of benzene rings is 1. The highest BCUT2D eigenvalue weighted by molar-refractivity contribution is 6.30. The van der Waals surface area contributed by atoms with Gasteiger partial charge in [0.1, 0.15) is 17.5 Å². The fourth-order valence-corrected chi connectivity index (χ4v) is 2.56. The minimum absolute atomic E-state index is 0.162. The zero-order chi connectivity index (χ0) is 17.2. The first-order chi connectivity index (χ1) is 10.7. The number of ether oxygens (including phenoxy) is 1. The van der Waals surface area contributed by atoms with Crippen LogP contribution < -0.4 is 10.2 Å². The van der Waals surface area contributed by atoms with E-state index in [0.29, 0.717) is 19.4 Å². The van der Waals surface area contributed by atoms with Crippen molar-refractivity contribution in [2.45, 2.75) is 45.3 Å². The van der Waals surface area contributed by atoms with Crippen LogP contribution in [0.1, 0.15) is 33.6 Å². The van der Waals surface area contributed by atoms with Crippen molar-refractivity contribution in [2.24, 2.45) is 0 Å². The smallest absolute Gasteiger partial charge is 0.408 e. The summed E-state index contributed by atoms with van der Waals surface area (Å²) in [5.74, 6) is -0.924. The van der Waals surface area contributed by atoms with Gasteiger partial charge in [0, 0.05) is 11.6 Å². The Bertz CT molecular complexity index is 616. The summed E-state index contributed by atoms with van der Waals surface area (Å²) in [5, 5.41) is 2.82. The van der Waals surface area contributed by atoms with Gasteiger partial charge in [-0.1, -0.05) is 11.6 Å². The maximum Gasteiger partial charge on any atom is 0.408 e. The van der Waals surface area contributed by atoms with Crippen molar-refractivity contribution in [1.82, 2.24) is 5.32 Å². The maximum absolute atomic E-state index is 14.0. The Balaban J connectivity index is 2.10. The first-order valence-corrected chi connectivity index (χ1v) is 7.81. The van der Waals surface area contributed by atoms with E-state index in [9.17, 15) is 14.0 Å². The third-order valence-corrected chi connectivity index (χ3v) is 3.57. The lowest BCUT2D eigenvalue weighted by Crippen LogP contribution is -2.53. The Morgan fingerprint density at radius 1 is 1.43 bits per heavy atom. The lowest BCUT2D eigenvalue weighted by atomic mass is 10.0. The Labute approximate surface area is 139 Å². The molecule has 1 N–H and O–H groups in total. The molecule has 0 saturated carbocycles. The highest BCUT2D eigenvalue weighted by Crippen LogP contribution is 2.26. The number of piperidine rings is 1. The molecule has 2 amide bonds. The van der Waals surface area contributed by atoms with E-state index in [1.165, 1.54) is 17.0 Å². The lowest BCUT2D eigenvalue weighted by molar-refractivity contribution is -0.121. The average Bonchev–Trinajstić information content (AvgIpc) is 2.40. The monoisotopic (exact) mass is 342 g/mol. The van der Waals surface area contributed by atoms with Gasteiger partial charge in [0.2, 0.25) is 5.91 Å². The highest BCUT2D eigenvalue weighted by atomic mass is 35.5. The number of hydrogen-bond donors (Lipinski definition) is 1. The third kappa shape index (κ3) is 4.58. The molecule has 0 radical (unpaired) electrons. The molecule has 1 saturated heterocycles. The summed E-state index contributed by atoms with van der Waals surface area (Å²) in [7, 11) is 0. The molecule has 1 atom stereocenters. The quantitative estimate of drug-likeness (QED) is 0.894. The highest BCUT2D eigenvalue weighted by Gasteiger charge is 2.33. The van der Waals surface area contributed by atoms with Gasteiger partial charge >= 0.3 is 6.09 Å². The second-order valence-corrected chi connectivity index (χ2v) is 6.86. The fraction of sp³-hybridized carbons (Fsp3) is 0.500. The van der Waals surface area contributed by atoms with Crippen molar-refractivity contribution in [2.75, 3.05) is 11.4 Å². The van der Waals surface area contributed by atoms with Gasteiger partial charge in [0.15, 0.2) is 0 Å². The topological polar surface area (TPSA) is 58.6 Å². The van der Waals surface area contributed by atoms with Crippen LogP contribution in [0.5, 0.6) is 0 Å². The number of alkyl carbamates (subject to hydrolysis) is 1. The zero-order valence-corrected chi connectivity index (χ0v) is 14.1. The van der Waals surface area contributed by atoms with Gasteiger partial charge in [-0.25, -0.2) is 9.18 Å². The Hall–Kier alpha value is -1.82. The van der Waals surface area contributed by atoms with Crippen LogP contribution in [-0.4, -0.2) is 30.2 Å². The molecular formula is C16H20ClFN2O3. The molecule has 5 nitrogen and oxygen atoms in total. The van der Waals surface area contributed by atoms with Crippen molar-refractivity contribution < 1.29 is 18.7 Å². The largest absolute Gasteiger partial charge is 0.444 e. The summed E-state index contributed by atoms with van der Waals surface area (Å²) in [5.41, 5.74) is -0.487. The summed E-state index contributed by atoms with van der Waals surface area (Å²) in [6.07, 6.45) is 0.479. The second kappa shape index (κ2) is 6.74. The molecule has 0 aliphatic carbocycles. The molecule has 23 heavy (non-hydrogen) atoms. The van der Waals surface area contributed by atoms with Crippen LogP contribution in [0.3, 0.4) is 0 Å². The molecule has 0 spiro atoms. The number of carbonyl (C=O) groups excluding carboxylic acids is 2. The third-order valence-electron chi connectivity index (χ3n) is 3.33. The zero-order valence-electron chi connectivity index (χ0n) is 13.4. The van der Waals surface area contributed by atoms with Crippen molar-refractivity contribution >= 4 is 29.3 Å². The van der Waals surface area contributed by atoms with E-state index in [0.717, 1.165) is 6.07 Å². The van der Waals surface area contributed by atoms with Crippen LogP contribution in [0.15, 0.2) is 18.2 Å². The number of nitrogens with zero attached hydrogens (tertiary/aromatic N) is 1. The summed E-state index contributed by atoms with van der Waals surface area (Å²) in [4.78, 5) is 25.7. The van der Waals surface area contributed by atoms with Crippen LogP contribution in [0.2, 0.25) is 5.02 Å². The molecule has 1 fully saturated rings. The van der Waals surface area contributed by atoms with Crippen LogP contribution in [0.4, 0.5) is 14.9 Å². The number of carbonyl (C=O) groups is 2. The van der Waals surface area contributed by atoms with Gasteiger partial charge in [-0.05, 0) is 51.8 Å². The molecule has 1 aliphatic rings. The van der Waals surface area contributed by atoms with Gasteiger partial charge in [-0.3, -0.25) is 4.79 Å².